The third-order valence-electron chi connectivity index (χ3n) is 3.79. The van der Waals surface area contributed by atoms with Crippen molar-refractivity contribution in [3.63, 3.8) is 0 Å². The molecule has 21 heavy (non-hydrogen) atoms. The number of β-amino-alcohol motifs (C(OH)–C–C–N with tert-alkyl or cyclic N) is 1. The number of aliphatic hydroxyl groups excluding tert-OH is 1. The van der Waals surface area contributed by atoms with E-state index in [4.69, 9.17) is 0 Å². The first-order valence-electron chi connectivity index (χ1n) is 6.97. The molecule has 0 radical (unpaired) electrons. The SMILES string of the molecule is CC1CCN(C(=O)CNC(=O)c2ccccc2F)CC1O. The van der Waals surface area contributed by atoms with E-state index in [0.717, 1.165) is 6.42 Å². The molecule has 6 heteroatoms. The van der Waals surface area contributed by atoms with Crippen molar-refractivity contribution in [3.05, 3.63) is 35.6 Å². The van der Waals surface area contributed by atoms with Crippen molar-refractivity contribution in [1.82, 2.24) is 10.2 Å². The number of carbonyl (C=O) groups is 2. The topological polar surface area (TPSA) is 69.6 Å². The number of nitrogens with one attached hydrogen (secondary N) is 1. The zero-order valence-corrected chi connectivity index (χ0v) is 11.9. The summed E-state index contributed by atoms with van der Waals surface area (Å²) in [4.78, 5) is 25.3. The van der Waals surface area contributed by atoms with Gasteiger partial charge in [-0.3, -0.25) is 9.59 Å². The van der Waals surface area contributed by atoms with Crippen molar-refractivity contribution in [2.24, 2.45) is 5.92 Å². The van der Waals surface area contributed by atoms with E-state index >= 15 is 0 Å². The molecule has 0 bridgehead atoms. The molecular weight excluding hydrogens is 275 g/mol. The maximum atomic E-state index is 13.4. The molecule has 1 fully saturated rings. The number of nitrogens with zero attached hydrogens (tertiary/aromatic N) is 1. The van der Waals surface area contributed by atoms with Crippen molar-refractivity contribution in [3.8, 4) is 0 Å². The van der Waals surface area contributed by atoms with Gasteiger partial charge in [0.1, 0.15) is 5.82 Å². The first-order chi connectivity index (χ1) is 9.99. The Bertz CT molecular complexity index is 535. The van der Waals surface area contributed by atoms with Crippen LogP contribution in [0.2, 0.25) is 0 Å². The average molecular weight is 294 g/mol. The molecule has 5 nitrogen and oxygen atoms in total. The molecule has 1 aliphatic rings. The zero-order valence-electron chi connectivity index (χ0n) is 11.9. The van der Waals surface area contributed by atoms with Gasteiger partial charge >= 0.3 is 0 Å². The normalized spacial score (nSPS) is 22.0. The Labute approximate surface area is 122 Å². The molecule has 2 rings (SSSR count). The Hall–Kier alpha value is -1.95. The molecule has 0 spiro atoms. The number of benzene rings is 1. The molecule has 1 aliphatic heterocycles. The lowest BCUT2D eigenvalue weighted by molar-refractivity contribution is -0.134. The second-order valence-corrected chi connectivity index (χ2v) is 5.34. The van der Waals surface area contributed by atoms with Gasteiger partial charge in [0.2, 0.25) is 5.91 Å². The number of hydrogen-bond donors (Lipinski definition) is 2. The summed E-state index contributed by atoms with van der Waals surface area (Å²) in [5.41, 5.74) is -0.0856. The maximum absolute atomic E-state index is 13.4. The van der Waals surface area contributed by atoms with E-state index in [0.29, 0.717) is 6.54 Å². The largest absolute Gasteiger partial charge is 0.391 e. The van der Waals surface area contributed by atoms with Crippen LogP contribution in [0, 0.1) is 11.7 Å². The molecule has 1 heterocycles. The molecule has 0 aliphatic carbocycles. The number of carbonyl (C=O) groups excluding carboxylic acids is 2. The van der Waals surface area contributed by atoms with Crippen LogP contribution in [0.1, 0.15) is 23.7 Å². The summed E-state index contributed by atoms with van der Waals surface area (Å²) >= 11 is 0. The molecule has 2 amide bonds. The minimum absolute atomic E-state index is 0.0856. The van der Waals surface area contributed by atoms with E-state index in [-0.39, 0.29) is 30.5 Å². The van der Waals surface area contributed by atoms with Crippen molar-refractivity contribution < 1.29 is 19.1 Å². The first-order valence-corrected chi connectivity index (χ1v) is 6.97. The molecule has 0 saturated carbocycles. The predicted octanol–water partition coefficient (Wildman–Crippen LogP) is 0.785. The molecule has 1 aromatic carbocycles. The lowest BCUT2D eigenvalue weighted by Crippen LogP contribution is -2.49. The summed E-state index contributed by atoms with van der Waals surface area (Å²) in [5, 5.41) is 12.2. The summed E-state index contributed by atoms with van der Waals surface area (Å²) in [6.45, 7) is 2.57. The summed E-state index contributed by atoms with van der Waals surface area (Å²) < 4.78 is 13.4. The Morgan fingerprint density at radius 3 is 2.81 bits per heavy atom. The second kappa shape index (κ2) is 6.67. The van der Waals surface area contributed by atoms with Crippen molar-refractivity contribution in [1.29, 1.82) is 0 Å². The summed E-state index contributed by atoms with van der Waals surface area (Å²) in [6.07, 6.45) is 0.193. The molecule has 2 atom stereocenters. The van der Waals surface area contributed by atoms with Gasteiger partial charge in [0.25, 0.3) is 5.91 Å². The molecule has 2 N–H and O–H groups in total. The number of hydrogen-bond acceptors (Lipinski definition) is 3. The van der Waals surface area contributed by atoms with E-state index in [1.54, 1.807) is 6.07 Å². The van der Waals surface area contributed by atoms with Gasteiger partial charge in [-0.15, -0.1) is 0 Å². The van der Waals surface area contributed by atoms with Crippen LogP contribution >= 0.6 is 0 Å². The second-order valence-electron chi connectivity index (χ2n) is 5.34. The molecule has 2 unspecified atom stereocenters. The first kappa shape index (κ1) is 15.4. The van der Waals surface area contributed by atoms with Crippen LogP contribution in [0.4, 0.5) is 4.39 Å². The predicted molar refractivity (Wildman–Crippen MR) is 75.1 cm³/mol. The van der Waals surface area contributed by atoms with Crippen LogP contribution in [-0.4, -0.2) is 47.6 Å². The highest BCUT2D eigenvalue weighted by atomic mass is 19.1. The molecule has 1 aromatic rings. The van der Waals surface area contributed by atoms with Crippen LogP contribution in [-0.2, 0) is 4.79 Å². The van der Waals surface area contributed by atoms with Gasteiger partial charge in [-0.25, -0.2) is 4.39 Å². The van der Waals surface area contributed by atoms with Gasteiger partial charge in [0.05, 0.1) is 18.2 Å². The van der Waals surface area contributed by atoms with Crippen LogP contribution < -0.4 is 5.32 Å². The minimum Gasteiger partial charge on any atom is -0.391 e. The van der Waals surface area contributed by atoms with Crippen LogP contribution in [0.25, 0.3) is 0 Å². The number of aliphatic hydroxyl groups is 1. The number of halogens is 1. The van der Waals surface area contributed by atoms with E-state index in [1.807, 2.05) is 6.92 Å². The van der Waals surface area contributed by atoms with E-state index in [2.05, 4.69) is 5.32 Å². The summed E-state index contributed by atoms with van der Waals surface area (Å²) in [6, 6.07) is 5.61. The number of piperidine rings is 1. The fourth-order valence-corrected chi connectivity index (χ4v) is 2.28. The van der Waals surface area contributed by atoms with Crippen LogP contribution in [0.5, 0.6) is 0 Å². The lowest BCUT2D eigenvalue weighted by Gasteiger charge is -2.34. The number of amides is 2. The fraction of sp³-hybridized carbons (Fsp3) is 0.467. The van der Waals surface area contributed by atoms with Gasteiger partial charge in [0, 0.05) is 13.1 Å². The van der Waals surface area contributed by atoms with Crippen LogP contribution in [0.3, 0.4) is 0 Å². The highest BCUT2D eigenvalue weighted by molar-refractivity contribution is 5.96. The average Bonchev–Trinajstić information content (AvgIpc) is 2.47. The van der Waals surface area contributed by atoms with Crippen molar-refractivity contribution >= 4 is 11.8 Å². The van der Waals surface area contributed by atoms with Gasteiger partial charge in [-0.05, 0) is 24.5 Å². The summed E-state index contributed by atoms with van der Waals surface area (Å²) in [5.74, 6) is -1.34. The van der Waals surface area contributed by atoms with Crippen molar-refractivity contribution in [2.75, 3.05) is 19.6 Å². The smallest absolute Gasteiger partial charge is 0.254 e. The minimum atomic E-state index is -0.621. The highest BCUT2D eigenvalue weighted by Crippen LogP contribution is 2.16. The van der Waals surface area contributed by atoms with Gasteiger partial charge in [-0.1, -0.05) is 19.1 Å². The highest BCUT2D eigenvalue weighted by Gasteiger charge is 2.27. The van der Waals surface area contributed by atoms with Crippen molar-refractivity contribution in [2.45, 2.75) is 19.4 Å². The molecule has 114 valence electrons. The lowest BCUT2D eigenvalue weighted by atomic mass is 9.96. The number of likely N-dealkylation sites (tertiary alicyclic amines) is 1. The van der Waals surface area contributed by atoms with E-state index in [1.165, 1.54) is 23.1 Å². The number of rotatable bonds is 3. The zero-order chi connectivity index (χ0) is 15.4. The van der Waals surface area contributed by atoms with E-state index < -0.39 is 17.8 Å². The molecule has 0 aromatic heterocycles. The van der Waals surface area contributed by atoms with Gasteiger partial charge < -0.3 is 15.3 Å². The Kier molecular flexibility index (Phi) is 4.90. The van der Waals surface area contributed by atoms with Crippen LogP contribution in [0.15, 0.2) is 24.3 Å². The Morgan fingerprint density at radius 2 is 2.14 bits per heavy atom. The van der Waals surface area contributed by atoms with Gasteiger partial charge in [0.15, 0.2) is 0 Å². The Balaban J connectivity index is 1.87. The third-order valence-corrected chi connectivity index (χ3v) is 3.79. The molecular formula is C15H19FN2O3. The standard InChI is InChI=1S/C15H19FN2O3/c1-10-6-7-18(9-13(10)19)14(20)8-17-15(21)11-4-2-3-5-12(11)16/h2-5,10,13,19H,6-9H2,1H3,(H,17,21). The fourth-order valence-electron chi connectivity index (χ4n) is 2.28. The maximum Gasteiger partial charge on any atom is 0.254 e. The monoisotopic (exact) mass is 294 g/mol. The van der Waals surface area contributed by atoms with E-state index in [9.17, 15) is 19.1 Å². The molecule has 1 saturated heterocycles. The van der Waals surface area contributed by atoms with Gasteiger partial charge in [-0.2, -0.15) is 0 Å². The Morgan fingerprint density at radius 1 is 1.43 bits per heavy atom. The third kappa shape index (κ3) is 3.78. The quantitative estimate of drug-likeness (QED) is 0.866. The summed E-state index contributed by atoms with van der Waals surface area (Å²) in [7, 11) is 0.